The van der Waals surface area contributed by atoms with Gasteiger partial charge in [0, 0.05) is 10.6 Å². The van der Waals surface area contributed by atoms with E-state index < -0.39 is 5.97 Å². The molecule has 1 heterocycles. The number of hydrogen-bond acceptors (Lipinski definition) is 5. The lowest BCUT2D eigenvalue weighted by atomic mass is 10.1. The molecule has 0 N–H and O–H groups in total. The number of ether oxygens (including phenoxy) is 3. The van der Waals surface area contributed by atoms with Gasteiger partial charge >= 0.3 is 5.97 Å². The Balaban J connectivity index is 1.56. The van der Waals surface area contributed by atoms with Crippen LogP contribution in [-0.2, 0) is 16.1 Å². The van der Waals surface area contributed by atoms with E-state index in [1.807, 2.05) is 55.5 Å². The van der Waals surface area contributed by atoms with E-state index >= 15 is 0 Å². The summed E-state index contributed by atoms with van der Waals surface area (Å²) in [6.45, 7) is 2.83. The molecule has 3 aromatic rings. The Bertz CT molecular complexity index is 1140. The molecule has 1 aliphatic heterocycles. The molecule has 0 amide bonds. The first-order valence-corrected chi connectivity index (χ1v) is 10.2. The highest BCUT2D eigenvalue weighted by molar-refractivity contribution is 6.30. The first kappa shape index (κ1) is 20.7. The minimum atomic E-state index is -0.507. The molecule has 0 saturated carbocycles. The Morgan fingerprint density at radius 1 is 0.968 bits per heavy atom. The molecule has 1 aliphatic rings. The quantitative estimate of drug-likeness (QED) is 0.356. The number of hydrogen-bond donors (Lipinski definition) is 0. The normalized spacial score (nSPS) is 14.3. The molecule has 3 aromatic carbocycles. The second-order valence-corrected chi connectivity index (χ2v) is 7.19. The van der Waals surface area contributed by atoms with Crippen molar-refractivity contribution in [2.45, 2.75) is 13.5 Å². The number of carbonyl (C=O) groups excluding carboxylic acids is 1. The summed E-state index contributed by atoms with van der Waals surface area (Å²) in [6, 6.07) is 22.3. The monoisotopic (exact) mass is 433 g/mol. The van der Waals surface area contributed by atoms with Crippen LogP contribution in [0.2, 0.25) is 5.02 Å². The summed E-state index contributed by atoms with van der Waals surface area (Å²) in [5.74, 6) is 0.973. The number of carbonyl (C=O) groups is 1. The van der Waals surface area contributed by atoms with Crippen LogP contribution in [0.25, 0.3) is 6.08 Å². The Labute approximate surface area is 185 Å². The number of aliphatic imine (C=N–C) groups is 1. The van der Waals surface area contributed by atoms with Crippen molar-refractivity contribution in [2.24, 2.45) is 4.99 Å². The fraction of sp³-hybridized carbons (Fsp3) is 0.120. The average molecular weight is 434 g/mol. The molecule has 4 rings (SSSR count). The maximum Gasteiger partial charge on any atom is 0.363 e. The molecule has 5 nitrogen and oxygen atoms in total. The number of rotatable bonds is 7. The van der Waals surface area contributed by atoms with E-state index in [4.69, 9.17) is 25.8 Å². The molecule has 0 radical (unpaired) electrons. The fourth-order valence-corrected chi connectivity index (χ4v) is 3.15. The summed E-state index contributed by atoms with van der Waals surface area (Å²) < 4.78 is 17.0. The highest BCUT2D eigenvalue weighted by atomic mass is 35.5. The zero-order valence-electron chi connectivity index (χ0n) is 16.9. The van der Waals surface area contributed by atoms with Crippen molar-refractivity contribution in [3.8, 4) is 11.5 Å². The molecular formula is C25H20ClNO4. The standard InChI is InChI=1S/C25H20ClNO4/c1-2-29-23-15-18(8-13-22(23)30-16-17-6-4-3-5-7-17)14-21-25(28)31-24(27-21)19-9-11-20(26)12-10-19/h3-15H,2,16H2,1H3/b21-14-. The van der Waals surface area contributed by atoms with E-state index in [9.17, 15) is 4.79 Å². The zero-order valence-corrected chi connectivity index (χ0v) is 17.6. The lowest BCUT2D eigenvalue weighted by Crippen LogP contribution is -2.05. The van der Waals surface area contributed by atoms with Gasteiger partial charge in [-0.25, -0.2) is 9.79 Å². The summed E-state index contributed by atoms with van der Waals surface area (Å²) in [5.41, 5.74) is 2.71. The van der Waals surface area contributed by atoms with Crippen LogP contribution >= 0.6 is 11.6 Å². The average Bonchev–Trinajstić information content (AvgIpc) is 3.15. The topological polar surface area (TPSA) is 57.1 Å². The summed E-state index contributed by atoms with van der Waals surface area (Å²) in [4.78, 5) is 16.6. The first-order chi connectivity index (χ1) is 15.1. The highest BCUT2D eigenvalue weighted by Gasteiger charge is 2.24. The van der Waals surface area contributed by atoms with E-state index in [0.29, 0.717) is 35.3 Å². The molecule has 0 unspecified atom stereocenters. The van der Waals surface area contributed by atoms with Gasteiger partial charge < -0.3 is 14.2 Å². The second-order valence-electron chi connectivity index (χ2n) is 6.76. The predicted molar refractivity (Wildman–Crippen MR) is 120 cm³/mol. The molecule has 6 heteroatoms. The molecule has 0 bridgehead atoms. The van der Waals surface area contributed by atoms with Crippen molar-refractivity contribution >= 4 is 29.5 Å². The maximum atomic E-state index is 12.3. The summed E-state index contributed by atoms with van der Waals surface area (Å²) in [5, 5.41) is 0.600. The van der Waals surface area contributed by atoms with Crippen LogP contribution in [0.1, 0.15) is 23.6 Å². The van der Waals surface area contributed by atoms with Crippen molar-refractivity contribution in [3.05, 3.63) is 100 Å². The van der Waals surface area contributed by atoms with Gasteiger partial charge in [0.25, 0.3) is 0 Å². The maximum absolute atomic E-state index is 12.3. The van der Waals surface area contributed by atoms with Gasteiger partial charge in [-0.2, -0.15) is 0 Å². The number of cyclic esters (lactones) is 1. The lowest BCUT2D eigenvalue weighted by Gasteiger charge is -2.12. The summed E-state index contributed by atoms with van der Waals surface area (Å²) >= 11 is 5.91. The third-order valence-corrected chi connectivity index (χ3v) is 4.77. The molecule has 0 saturated heterocycles. The van der Waals surface area contributed by atoms with Crippen molar-refractivity contribution in [1.29, 1.82) is 0 Å². The Kier molecular flexibility index (Phi) is 6.34. The lowest BCUT2D eigenvalue weighted by molar-refractivity contribution is -0.129. The molecule has 0 fully saturated rings. The van der Waals surface area contributed by atoms with E-state index in [1.54, 1.807) is 30.3 Å². The van der Waals surface area contributed by atoms with Gasteiger partial charge in [0.1, 0.15) is 6.61 Å². The minimum Gasteiger partial charge on any atom is -0.490 e. The van der Waals surface area contributed by atoms with Crippen molar-refractivity contribution in [1.82, 2.24) is 0 Å². The van der Waals surface area contributed by atoms with Crippen LogP contribution in [0.15, 0.2) is 83.5 Å². The molecule has 0 spiro atoms. The van der Waals surface area contributed by atoms with Gasteiger partial charge in [0.05, 0.1) is 6.61 Å². The number of esters is 1. The summed E-state index contributed by atoms with van der Waals surface area (Å²) in [7, 11) is 0. The number of nitrogens with zero attached hydrogens (tertiary/aromatic N) is 1. The molecule has 0 aliphatic carbocycles. The van der Waals surface area contributed by atoms with E-state index in [0.717, 1.165) is 11.1 Å². The molecular weight excluding hydrogens is 414 g/mol. The SMILES string of the molecule is CCOc1cc(/C=C2\N=C(c3ccc(Cl)cc3)OC2=O)ccc1OCc1ccccc1. The van der Waals surface area contributed by atoms with Gasteiger partial charge in [0.15, 0.2) is 17.2 Å². The summed E-state index contributed by atoms with van der Waals surface area (Å²) in [6.07, 6.45) is 1.66. The van der Waals surface area contributed by atoms with E-state index in [-0.39, 0.29) is 11.6 Å². The minimum absolute atomic E-state index is 0.213. The Hall–Kier alpha value is -3.57. The molecule has 31 heavy (non-hydrogen) atoms. The smallest absolute Gasteiger partial charge is 0.363 e. The number of halogens is 1. The van der Waals surface area contributed by atoms with E-state index in [1.165, 1.54) is 0 Å². The first-order valence-electron chi connectivity index (χ1n) is 9.84. The van der Waals surface area contributed by atoms with Crippen LogP contribution in [0.3, 0.4) is 0 Å². The van der Waals surface area contributed by atoms with Gasteiger partial charge in [-0.1, -0.05) is 48.0 Å². The van der Waals surface area contributed by atoms with Gasteiger partial charge in [0.2, 0.25) is 5.90 Å². The van der Waals surface area contributed by atoms with Crippen molar-refractivity contribution < 1.29 is 19.0 Å². The van der Waals surface area contributed by atoms with Crippen LogP contribution in [0.5, 0.6) is 11.5 Å². The van der Waals surface area contributed by atoms with Crippen molar-refractivity contribution in [3.63, 3.8) is 0 Å². The van der Waals surface area contributed by atoms with Gasteiger partial charge in [-0.15, -0.1) is 0 Å². The van der Waals surface area contributed by atoms with Crippen LogP contribution in [0, 0.1) is 0 Å². The van der Waals surface area contributed by atoms with E-state index in [2.05, 4.69) is 4.99 Å². The highest BCUT2D eigenvalue weighted by Crippen LogP contribution is 2.31. The molecule has 0 atom stereocenters. The second kappa shape index (κ2) is 9.49. The molecule has 0 aromatic heterocycles. The van der Waals surface area contributed by atoms with Crippen molar-refractivity contribution in [2.75, 3.05) is 6.61 Å². The third-order valence-electron chi connectivity index (χ3n) is 4.52. The fourth-order valence-electron chi connectivity index (χ4n) is 3.02. The third kappa shape index (κ3) is 5.13. The number of benzene rings is 3. The Morgan fingerprint density at radius 3 is 2.48 bits per heavy atom. The van der Waals surface area contributed by atoms with Gasteiger partial charge in [-0.3, -0.25) is 0 Å². The predicted octanol–water partition coefficient (Wildman–Crippen LogP) is 5.66. The molecule has 156 valence electrons. The van der Waals surface area contributed by atoms with Gasteiger partial charge in [-0.05, 0) is 60.5 Å². The van der Waals surface area contributed by atoms with Crippen LogP contribution in [-0.4, -0.2) is 18.5 Å². The van der Waals surface area contributed by atoms with Crippen LogP contribution in [0.4, 0.5) is 0 Å². The largest absolute Gasteiger partial charge is 0.490 e. The Morgan fingerprint density at radius 2 is 1.74 bits per heavy atom. The zero-order chi connectivity index (χ0) is 21.6. The van der Waals surface area contributed by atoms with Crippen LogP contribution < -0.4 is 9.47 Å².